The normalized spacial score (nSPS) is 13.1. The van der Waals surface area contributed by atoms with Crippen molar-refractivity contribution in [2.45, 2.75) is 17.5 Å². The average molecular weight is 366 g/mol. The smallest absolute Gasteiger partial charge is 0.240 e. The van der Waals surface area contributed by atoms with Crippen LogP contribution in [0.2, 0.25) is 0 Å². The summed E-state index contributed by atoms with van der Waals surface area (Å²) in [5.41, 5.74) is 0. The van der Waals surface area contributed by atoms with Crippen LogP contribution in [0.1, 0.15) is 20.7 Å². The quantitative estimate of drug-likeness (QED) is 0.704. The first kappa shape index (κ1) is 16.4. The molecule has 0 aliphatic heterocycles. The minimum atomic E-state index is -3.52. The van der Waals surface area contributed by atoms with Gasteiger partial charge in [0.25, 0.3) is 0 Å². The minimum absolute atomic E-state index is 0.207. The Balaban J connectivity index is 1.68. The summed E-state index contributed by atoms with van der Waals surface area (Å²) in [7, 11) is -3.52. The molecule has 23 heavy (non-hydrogen) atoms. The molecule has 3 rings (SSSR count). The molecule has 1 unspecified atom stereocenters. The molecule has 120 valence electrons. The van der Waals surface area contributed by atoms with Crippen molar-refractivity contribution >= 4 is 32.7 Å². The predicted molar refractivity (Wildman–Crippen MR) is 93.2 cm³/mol. The van der Waals surface area contributed by atoms with E-state index < -0.39 is 16.1 Å². The maximum Gasteiger partial charge on any atom is 0.240 e. The van der Waals surface area contributed by atoms with Gasteiger partial charge in [-0.25, -0.2) is 13.1 Å². The Hall–Kier alpha value is -1.51. The van der Waals surface area contributed by atoms with Crippen molar-refractivity contribution in [3.8, 4) is 0 Å². The van der Waals surface area contributed by atoms with E-state index in [4.69, 9.17) is 0 Å². The second-order valence-corrected chi connectivity index (χ2v) is 8.81. The summed E-state index contributed by atoms with van der Waals surface area (Å²) >= 11 is 2.90. The highest BCUT2D eigenvalue weighted by molar-refractivity contribution is 7.89. The fourth-order valence-electron chi connectivity index (χ4n) is 2.07. The first-order valence-electron chi connectivity index (χ1n) is 6.91. The van der Waals surface area contributed by atoms with Crippen LogP contribution >= 0.6 is 22.7 Å². The molecule has 1 atom stereocenters. The molecule has 0 fully saturated rings. The van der Waals surface area contributed by atoms with Crippen LogP contribution in [-0.2, 0) is 16.6 Å². The van der Waals surface area contributed by atoms with Crippen LogP contribution in [0.5, 0.6) is 0 Å². The van der Waals surface area contributed by atoms with Gasteiger partial charge in [0.05, 0.1) is 4.90 Å². The molecule has 0 bridgehead atoms. The van der Waals surface area contributed by atoms with Gasteiger partial charge < -0.3 is 5.11 Å². The zero-order valence-electron chi connectivity index (χ0n) is 12.0. The molecule has 7 heteroatoms. The Bertz CT molecular complexity index is 855. The van der Waals surface area contributed by atoms with E-state index >= 15 is 0 Å². The van der Waals surface area contributed by atoms with Gasteiger partial charge in [-0.05, 0) is 35.7 Å². The molecule has 4 nitrogen and oxygen atoms in total. The number of thiophene rings is 2. The van der Waals surface area contributed by atoms with Crippen LogP contribution in [-0.4, -0.2) is 13.5 Å². The van der Waals surface area contributed by atoms with E-state index in [1.54, 1.807) is 30.3 Å². The van der Waals surface area contributed by atoms with Gasteiger partial charge in [-0.2, -0.15) is 0 Å². The van der Waals surface area contributed by atoms with Gasteiger partial charge in [-0.15, -0.1) is 22.7 Å². The van der Waals surface area contributed by atoms with Crippen LogP contribution in [0.25, 0.3) is 0 Å². The predicted octanol–water partition coefficient (Wildman–Crippen LogP) is 3.37. The highest BCUT2D eigenvalue weighted by Crippen LogP contribution is 2.31. The molecule has 0 saturated carbocycles. The zero-order valence-corrected chi connectivity index (χ0v) is 14.5. The van der Waals surface area contributed by atoms with Crippen LogP contribution in [0.3, 0.4) is 0 Å². The lowest BCUT2D eigenvalue weighted by Crippen LogP contribution is -2.22. The van der Waals surface area contributed by atoms with Gasteiger partial charge in [0.2, 0.25) is 10.0 Å². The number of hydrogen-bond acceptors (Lipinski definition) is 5. The Morgan fingerprint density at radius 3 is 2.48 bits per heavy atom. The number of sulfonamides is 1. The molecule has 2 heterocycles. The Labute approximate surface area is 143 Å². The van der Waals surface area contributed by atoms with Crippen LogP contribution in [0.15, 0.2) is 64.9 Å². The summed E-state index contributed by atoms with van der Waals surface area (Å²) in [6.07, 6.45) is -0.653. The molecule has 0 aliphatic rings. The molecule has 2 aromatic heterocycles. The summed E-state index contributed by atoms with van der Waals surface area (Å²) in [6, 6.07) is 15.7. The summed E-state index contributed by atoms with van der Waals surface area (Å²) in [5, 5.41) is 12.2. The van der Waals surface area contributed by atoms with E-state index in [1.165, 1.54) is 22.7 Å². The van der Waals surface area contributed by atoms with E-state index in [9.17, 15) is 13.5 Å². The summed E-state index contributed by atoms with van der Waals surface area (Å²) < 4.78 is 26.9. The van der Waals surface area contributed by atoms with Crippen molar-refractivity contribution in [3.63, 3.8) is 0 Å². The average Bonchev–Trinajstić information content (AvgIpc) is 3.25. The molecular weight excluding hydrogens is 350 g/mol. The van der Waals surface area contributed by atoms with Gasteiger partial charge in [-0.1, -0.05) is 24.3 Å². The number of nitrogens with one attached hydrogen (secondary N) is 1. The Morgan fingerprint density at radius 1 is 1.00 bits per heavy atom. The molecule has 0 saturated heterocycles. The number of aliphatic hydroxyl groups excluding tert-OH is 1. The van der Waals surface area contributed by atoms with Crippen LogP contribution in [0, 0.1) is 0 Å². The van der Waals surface area contributed by atoms with Crippen molar-refractivity contribution in [1.29, 1.82) is 0 Å². The van der Waals surface area contributed by atoms with Crippen LogP contribution < -0.4 is 4.72 Å². The fraction of sp³-hybridized carbons (Fsp3) is 0.125. The largest absolute Gasteiger partial charge is 0.382 e. The van der Waals surface area contributed by atoms with E-state index in [2.05, 4.69) is 4.72 Å². The van der Waals surface area contributed by atoms with Crippen LogP contribution in [0.4, 0.5) is 0 Å². The Morgan fingerprint density at radius 2 is 1.78 bits per heavy atom. The maximum atomic E-state index is 12.2. The lowest BCUT2D eigenvalue weighted by atomic mass is 10.2. The van der Waals surface area contributed by atoms with Crippen molar-refractivity contribution in [1.82, 2.24) is 4.72 Å². The number of aliphatic hydroxyl groups is 1. The monoisotopic (exact) mass is 365 g/mol. The minimum Gasteiger partial charge on any atom is -0.382 e. The number of benzene rings is 1. The van der Waals surface area contributed by atoms with Crippen molar-refractivity contribution in [3.05, 3.63) is 74.6 Å². The highest BCUT2D eigenvalue weighted by atomic mass is 32.2. The highest BCUT2D eigenvalue weighted by Gasteiger charge is 2.16. The molecule has 0 amide bonds. The van der Waals surface area contributed by atoms with Crippen molar-refractivity contribution < 1.29 is 13.5 Å². The molecule has 1 aromatic carbocycles. The summed E-state index contributed by atoms with van der Waals surface area (Å²) in [5.74, 6) is 0. The standard InChI is InChI=1S/C16H15NO3S3/c18-16(14-7-4-10-21-14)15-9-8-12(22-15)11-17-23(19,20)13-5-2-1-3-6-13/h1-10,16-18H,11H2. The van der Waals surface area contributed by atoms with Crippen molar-refractivity contribution in [2.24, 2.45) is 0 Å². The van der Waals surface area contributed by atoms with E-state index in [0.29, 0.717) is 0 Å². The summed E-state index contributed by atoms with van der Waals surface area (Å²) in [6.45, 7) is 0.207. The van der Waals surface area contributed by atoms with Gasteiger partial charge >= 0.3 is 0 Å². The van der Waals surface area contributed by atoms with Gasteiger partial charge in [-0.3, -0.25) is 0 Å². The van der Waals surface area contributed by atoms with E-state index in [-0.39, 0.29) is 11.4 Å². The number of hydrogen-bond donors (Lipinski definition) is 2. The third kappa shape index (κ3) is 3.88. The topological polar surface area (TPSA) is 66.4 Å². The third-order valence-electron chi connectivity index (χ3n) is 3.25. The lowest BCUT2D eigenvalue weighted by molar-refractivity contribution is 0.228. The van der Waals surface area contributed by atoms with Crippen molar-refractivity contribution in [2.75, 3.05) is 0 Å². The third-order valence-corrected chi connectivity index (χ3v) is 6.73. The van der Waals surface area contributed by atoms with E-state index in [0.717, 1.165) is 14.6 Å². The summed E-state index contributed by atoms with van der Waals surface area (Å²) in [4.78, 5) is 2.79. The second kappa shape index (κ2) is 6.94. The lowest BCUT2D eigenvalue weighted by Gasteiger charge is -2.06. The van der Waals surface area contributed by atoms with Gasteiger partial charge in [0, 0.05) is 21.2 Å². The Kier molecular flexibility index (Phi) is 4.93. The van der Waals surface area contributed by atoms with E-state index in [1.807, 2.05) is 29.6 Å². The molecular formula is C16H15NO3S3. The molecule has 0 aliphatic carbocycles. The maximum absolute atomic E-state index is 12.2. The zero-order chi connectivity index (χ0) is 16.3. The van der Waals surface area contributed by atoms with Gasteiger partial charge in [0.1, 0.15) is 6.10 Å². The first-order valence-corrected chi connectivity index (χ1v) is 10.1. The van der Waals surface area contributed by atoms with Gasteiger partial charge in [0.15, 0.2) is 0 Å². The first-order chi connectivity index (χ1) is 11.1. The number of rotatable bonds is 6. The SMILES string of the molecule is O=S(=O)(NCc1ccc(C(O)c2cccs2)s1)c1ccccc1. The molecule has 2 N–H and O–H groups in total. The molecule has 0 spiro atoms. The molecule has 0 radical (unpaired) electrons. The molecule has 3 aromatic rings. The fourth-order valence-corrected chi connectivity index (χ4v) is 4.95. The second-order valence-electron chi connectivity index (χ2n) is 4.86.